The van der Waals surface area contributed by atoms with Crippen LogP contribution in [0.15, 0.2) is 12.1 Å². The Morgan fingerprint density at radius 2 is 2.00 bits per heavy atom. The molecule has 0 aliphatic rings. The molecule has 3 heteroatoms. The number of benzene rings is 1. The second-order valence-corrected chi connectivity index (χ2v) is 4.98. The Kier molecular flexibility index (Phi) is 3.03. The monoisotopic (exact) mass is 220 g/mol. The Balaban J connectivity index is 2.38. The van der Waals surface area contributed by atoms with E-state index < -0.39 is 0 Å². The maximum absolute atomic E-state index is 4.63. The smallest absolute Gasteiger partial charge is 0.0951 e. The van der Waals surface area contributed by atoms with Crippen LogP contribution in [0.5, 0.6) is 0 Å². The lowest BCUT2D eigenvalue weighted by Gasteiger charge is -1.97. The summed E-state index contributed by atoms with van der Waals surface area (Å²) in [7, 11) is 1.97. The predicted octanol–water partition coefficient (Wildman–Crippen LogP) is 2.68. The maximum Gasteiger partial charge on any atom is 0.0951 e. The summed E-state index contributed by atoms with van der Waals surface area (Å²) >= 11 is 1.81. The summed E-state index contributed by atoms with van der Waals surface area (Å²) in [5.74, 6) is 0. The molecule has 0 saturated carbocycles. The summed E-state index contributed by atoms with van der Waals surface area (Å²) in [4.78, 5) is 4.63. The Bertz CT molecular complexity index is 435. The van der Waals surface area contributed by atoms with Crippen molar-refractivity contribution in [3.8, 4) is 0 Å². The summed E-state index contributed by atoms with van der Waals surface area (Å²) in [5.41, 5.74) is 3.83. The summed E-state index contributed by atoms with van der Waals surface area (Å²) in [5, 5.41) is 4.38. The summed E-state index contributed by atoms with van der Waals surface area (Å²) in [6.45, 7) is 5.29. The largest absolute Gasteiger partial charge is 0.319 e. The summed E-state index contributed by atoms with van der Waals surface area (Å²) in [6, 6.07) is 4.43. The number of rotatable bonds is 3. The van der Waals surface area contributed by atoms with Gasteiger partial charge in [0.05, 0.1) is 15.2 Å². The fourth-order valence-electron chi connectivity index (χ4n) is 1.57. The van der Waals surface area contributed by atoms with Crippen LogP contribution in [0.25, 0.3) is 10.2 Å². The van der Waals surface area contributed by atoms with Crippen molar-refractivity contribution in [1.29, 1.82) is 0 Å². The van der Waals surface area contributed by atoms with Gasteiger partial charge in [-0.3, -0.25) is 0 Å². The van der Waals surface area contributed by atoms with Gasteiger partial charge in [-0.2, -0.15) is 0 Å². The number of hydrogen-bond acceptors (Lipinski definition) is 3. The highest BCUT2D eigenvalue weighted by Gasteiger charge is 2.04. The van der Waals surface area contributed by atoms with Gasteiger partial charge in [0.25, 0.3) is 0 Å². The third-order valence-corrected chi connectivity index (χ3v) is 3.72. The first-order valence-electron chi connectivity index (χ1n) is 5.22. The molecule has 0 atom stereocenters. The number of thiazole rings is 1. The van der Waals surface area contributed by atoms with Crippen molar-refractivity contribution in [1.82, 2.24) is 10.3 Å². The van der Waals surface area contributed by atoms with E-state index in [-0.39, 0.29) is 0 Å². The van der Waals surface area contributed by atoms with Crippen LogP contribution in [-0.2, 0) is 6.42 Å². The van der Waals surface area contributed by atoms with Gasteiger partial charge in [-0.25, -0.2) is 4.98 Å². The van der Waals surface area contributed by atoms with Crippen LogP contribution < -0.4 is 5.32 Å². The van der Waals surface area contributed by atoms with Crippen LogP contribution in [0.2, 0.25) is 0 Å². The van der Waals surface area contributed by atoms with Crippen molar-refractivity contribution in [2.45, 2.75) is 20.3 Å². The SMILES string of the molecule is CNCCc1nc2cc(C)c(C)cc2s1. The van der Waals surface area contributed by atoms with Crippen molar-refractivity contribution in [3.05, 3.63) is 28.3 Å². The van der Waals surface area contributed by atoms with Crippen LogP contribution in [-0.4, -0.2) is 18.6 Å². The van der Waals surface area contributed by atoms with E-state index in [2.05, 4.69) is 36.3 Å². The maximum atomic E-state index is 4.63. The third kappa shape index (κ3) is 2.19. The lowest BCUT2D eigenvalue weighted by molar-refractivity contribution is 0.789. The average molecular weight is 220 g/mol. The normalized spacial score (nSPS) is 11.1. The molecule has 1 heterocycles. The van der Waals surface area contributed by atoms with Crippen LogP contribution >= 0.6 is 11.3 Å². The minimum Gasteiger partial charge on any atom is -0.319 e. The molecular weight excluding hydrogens is 204 g/mol. The first kappa shape index (κ1) is 10.6. The Morgan fingerprint density at radius 1 is 1.27 bits per heavy atom. The zero-order chi connectivity index (χ0) is 10.8. The standard InChI is InChI=1S/C12H16N2S/c1-8-6-10-11(7-9(8)2)15-12(14-10)4-5-13-3/h6-7,13H,4-5H2,1-3H3. The molecular formula is C12H16N2S. The fourth-order valence-corrected chi connectivity index (χ4v) is 2.61. The quantitative estimate of drug-likeness (QED) is 0.860. The molecule has 0 aliphatic carbocycles. The van der Waals surface area contributed by atoms with E-state index in [1.807, 2.05) is 18.4 Å². The van der Waals surface area contributed by atoms with Gasteiger partial charge in [-0.15, -0.1) is 11.3 Å². The molecule has 0 bridgehead atoms. The van der Waals surface area contributed by atoms with Crippen LogP contribution in [0.1, 0.15) is 16.1 Å². The highest BCUT2D eigenvalue weighted by atomic mass is 32.1. The van der Waals surface area contributed by atoms with Crippen molar-refractivity contribution in [2.75, 3.05) is 13.6 Å². The Hall–Kier alpha value is -0.930. The zero-order valence-corrected chi connectivity index (χ0v) is 10.2. The molecule has 0 unspecified atom stereocenters. The number of likely N-dealkylation sites (N-methyl/N-ethyl adjacent to an activating group) is 1. The second kappa shape index (κ2) is 4.29. The highest BCUT2D eigenvalue weighted by Crippen LogP contribution is 2.25. The van der Waals surface area contributed by atoms with Gasteiger partial charge >= 0.3 is 0 Å². The number of aromatic nitrogens is 1. The minimum atomic E-state index is 0.998. The highest BCUT2D eigenvalue weighted by molar-refractivity contribution is 7.18. The van der Waals surface area contributed by atoms with Gasteiger partial charge in [0.2, 0.25) is 0 Å². The molecule has 0 spiro atoms. The number of nitrogens with zero attached hydrogens (tertiary/aromatic N) is 1. The molecule has 2 nitrogen and oxygen atoms in total. The lowest BCUT2D eigenvalue weighted by Crippen LogP contribution is -2.09. The molecule has 0 radical (unpaired) electrons. The molecule has 2 aromatic rings. The van der Waals surface area contributed by atoms with Crippen molar-refractivity contribution in [2.24, 2.45) is 0 Å². The van der Waals surface area contributed by atoms with E-state index in [0.29, 0.717) is 0 Å². The minimum absolute atomic E-state index is 0.998. The zero-order valence-electron chi connectivity index (χ0n) is 9.42. The molecule has 0 aliphatic heterocycles. The molecule has 1 aromatic carbocycles. The molecule has 1 aromatic heterocycles. The van der Waals surface area contributed by atoms with Gasteiger partial charge in [-0.05, 0) is 44.2 Å². The van der Waals surface area contributed by atoms with E-state index >= 15 is 0 Å². The molecule has 2 rings (SSSR count). The Labute approximate surface area is 94.3 Å². The van der Waals surface area contributed by atoms with E-state index in [9.17, 15) is 0 Å². The Morgan fingerprint density at radius 3 is 2.73 bits per heavy atom. The molecule has 1 N–H and O–H groups in total. The number of nitrogens with one attached hydrogen (secondary N) is 1. The number of hydrogen-bond donors (Lipinski definition) is 1. The fraction of sp³-hybridized carbons (Fsp3) is 0.417. The summed E-state index contributed by atoms with van der Waals surface area (Å²) < 4.78 is 1.31. The third-order valence-electron chi connectivity index (χ3n) is 2.64. The average Bonchev–Trinajstić information content (AvgIpc) is 2.58. The van der Waals surface area contributed by atoms with E-state index in [1.165, 1.54) is 20.8 Å². The van der Waals surface area contributed by atoms with Crippen LogP contribution in [0, 0.1) is 13.8 Å². The van der Waals surface area contributed by atoms with E-state index in [4.69, 9.17) is 0 Å². The van der Waals surface area contributed by atoms with Crippen molar-refractivity contribution in [3.63, 3.8) is 0 Å². The summed E-state index contributed by atoms with van der Waals surface area (Å²) in [6.07, 6.45) is 1.02. The van der Waals surface area contributed by atoms with Crippen LogP contribution in [0.4, 0.5) is 0 Å². The topological polar surface area (TPSA) is 24.9 Å². The number of fused-ring (bicyclic) bond motifs is 1. The van der Waals surface area contributed by atoms with Gasteiger partial charge in [0, 0.05) is 13.0 Å². The number of aryl methyl sites for hydroxylation is 2. The first-order chi connectivity index (χ1) is 7.20. The molecule has 80 valence electrons. The van der Waals surface area contributed by atoms with Gasteiger partial charge in [-0.1, -0.05) is 0 Å². The van der Waals surface area contributed by atoms with E-state index in [1.54, 1.807) is 0 Å². The van der Waals surface area contributed by atoms with Crippen molar-refractivity contribution >= 4 is 21.6 Å². The predicted molar refractivity (Wildman–Crippen MR) is 66.7 cm³/mol. The second-order valence-electron chi connectivity index (χ2n) is 3.87. The van der Waals surface area contributed by atoms with Gasteiger partial charge in [0.15, 0.2) is 0 Å². The molecule has 0 amide bonds. The van der Waals surface area contributed by atoms with Crippen LogP contribution in [0.3, 0.4) is 0 Å². The molecule has 0 fully saturated rings. The molecule has 15 heavy (non-hydrogen) atoms. The first-order valence-corrected chi connectivity index (χ1v) is 6.03. The van der Waals surface area contributed by atoms with Gasteiger partial charge < -0.3 is 5.32 Å². The van der Waals surface area contributed by atoms with Crippen molar-refractivity contribution < 1.29 is 0 Å². The lowest BCUT2D eigenvalue weighted by atomic mass is 10.1. The van der Waals surface area contributed by atoms with E-state index in [0.717, 1.165) is 18.5 Å². The van der Waals surface area contributed by atoms with Gasteiger partial charge in [0.1, 0.15) is 0 Å². The molecule has 0 saturated heterocycles.